The molecule has 2 rings (SSSR count). The van der Waals surface area contributed by atoms with Crippen molar-refractivity contribution in [2.45, 2.75) is 31.6 Å². The van der Waals surface area contributed by atoms with Crippen LogP contribution in [0.4, 0.5) is 0 Å². The molecule has 1 saturated carbocycles. The second kappa shape index (κ2) is 3.46. The highest BCUT2D eigenvalue weighted by molar-refractivity contribution is 5.35. The lowest BCUT2D eigenvalue weighted by molar-refractivity contribution is 0.192. The summed E-state index contributed by atoms with van der Waals surface area (Å²) in [6, 6.07) is 12.7. The molecule has 1 aliphatic rings. The maximum absolute atomic E-state index is 9.25. The molecule has 72 valence electrons. The Morgan fingerprint density at radius 1 is 1.36 bits per heavy atom. The van der Waals surface area contributed by atoms with Crippen LogP contribution < -0.4 is 0 Å². The second-order valence-corrected chi connectivity index (χ2v) is 4.24. The predicted octanol–water partition coefficient (Wildman–Crippen LogP) is 3.27. The van der Waals surface area contributed by atoms with E-state index in [1.807, 2.05) is 18.2 Å². The van der Waals surface area contributed by atoms with Gasteiger partial charge in [0.25, 0.3) is 0 Å². The fourth-order valence-electron chi connectivity index (χ4n) is 2.36. The summed E-state index contributed by atoms with van der Waals surface area (Å²) in [4.78, 5) is 0. The lowest BCUT2D eigenvalue weighted by atomic mass is 9.59. The molecule has 1 aliphatic carbocycles. The molecule has 0 aromatic heterocycles. The van der Waals surface area contributed by atoms with E-state index in [0.717, 1.165) is 18.8 Å². The van der Waals surface area contributed by atoms with Crippen molar-refractivity contribution >= 4 is 0 Å². The van der Waals surface area contributed by atoms with Crippen LogP contribution in [0.2, 0.25) is 0 Å². The Kier molecular flexibility index (Phi) is 2.29. The molecule has 0 heterocycles. The monoisotopic (exact) mass is 185 g/mol. The highest BCUT2D eigenvalue weighted by Crippen LogP contribution is 2.48. The minimum atomic E-state index is -0.165. The van der Waals surface area contributed by atoms with Gasteiger partial charge in [0.1, 0.15) is 0 Å². The van der Waals surface area contributed by atoms with E-state index in [4.69, 9.17) is 0 Å². The van der Waals surface area contributed by atoms with Crippen molar-refractivity contribution < 1.29 is 0 Å². The first-order chi connectivity index (χ1) is 6.80. The summed E-state index contributed by atoms with van der Waals surface area (Å²) in [7, 11) is 0. The van der Waals surface area contributed by atoms with Crippen molar-refractivity contribution in [3.8, 4) is 6.07 Å². The molecule has 1 aromatic carbocycles. The van der Waals surface area contributed by atoms with E-state index in [0.29, 0.717) is 0 Å². The van der Waals surface area contributed by atoms with Crippen molar-refractivity contribution in [3.05, 3.63) is 35.9 Å². The molecular formula is C13H15N. The molecule has 0 amide bonds. The van der Waals surface area contributed by atoms with Crippen molar-refractivity contribution in [1.29, 1.82) is 5.26 Å². The summed E-state index contributed by atoms with van der Waals surface area (Å²) in [5.41, 5.74) is 1.04. The number of hydrogen-bond donors (Lipinski definition) is 0. The van der Waals surface area contributed by atoms with Crippen LogP contribution in [0.3, 0.4) is 0 Å². The van der Waals surface area contributed by atoms with Gasteiger partial charge < -0.3 is 0 Å². The van der Waals surface area contributed by atoms with Gasteiger partial charge in [0.15, 0.2) is 0 Å². The largest absolute Gasteiger partial charge is 0.197 e. The van der Waals surface area contributed by atoms with Gasteiger partial charge in [-0.1, -0.05) is 43.7 Å². The Balaban J connectivity index is 2.22. The van der Waals surface area contributed by atoms with E-state index in [2.05, 4.69) is 25.1 Å². The molecular weight excluding hydrogens is 170 g/mol. The summed E-state index contributed by atoms with van der Waals surface area (Å²) in [6.45, 7) is 2.21. The molecule has 0 saturated heterocycles. The Hall–Kier alpha value is -1.29. The minimum absolute atomic E-state index is 0.165. The molecule has 0 unspecified atom stereocenters. The smallest absolute Gasteiger partial charge is 0.0827 e. The van der Waals surface area contributed by atoms with Gasteiger partial charge in [-0.05, 0) is 24.3 Å². The zero-order chi connectivity index (χ0) is 10.0. The van der Waals surface area contributed by atoms with Gasteiger partial charge >= 0.3 is 0 Å². The van der Waals surface area contributed by atoms with Crippen molar-refractivity contribution in [1.82, 2.24) is 0 Å². The quantitative estimate of drug-likeness (QED) is 0.693. The molecule has 0 radical (unpaired) electrons. The van der Waals surface area contributed by atoms with Gasteiger partial charge in [-0.2, -0.15) is 5.26 Å². The average molecular weight is 185 g/mol. The fraction of sp³-hybridized carbons (Fsp3) is 0.462. The van der Waals surface area contributed by atoms with Crippen molar-refractivity contribution in [3.63, 3.8) is 0 Å². The average Bonchev–Trinajstić information content (AvgIpc) is 2.19. The van der Waals surface area contributed by atoms with Crippen LogP contribution >= 0.6 is 0 Å². The van der Waals surface area contributed by atoms with Crippen LogP contribution in [-0.4, -0.2) is 0 Å². The van der Waals surface area contributed by atoms with Gasteiger partial charge in [-0.15, -0.1) is 0 Å². The first kappa shape index (κ1) is 9.27. The fourth-order valence-corrected chi connectivity index (χ4v) is 2.36. The number of benzene rings is 1. The second-order valence-electron chi connectivity index (χ2n) is 4.24. The number of rotatable bonds is 2. The van der Waals surface area contributed by atoms with E-state index in [1.165, 1.54) is 12.0 Å². The van der Waals surface area contributed by atoms with Crippen LogP contribution in [0.15, 0.2) is 30.3 Å². The number of hydrogen-bond acceptors (Lipinski definition) is 1. The van der Waals surface area contributed by atoms with E-state index < -0.39 is 0 Å². The van der Waals surface area contributed by atoms with Gasteiger partial charge in [0, 0.05) is 0 Å². The maximum atomic E-state index is 9.25. The summed E-state index contributed by atoms with van der Waals surface area (Å²) in [5.74, 6) is 0.759. The SMILES string of the molecule is CCC1CC(C#N)(c2ccccc2)C1. The molecule has 0 bridgehead atoms. The van der Waals surface area contributed by atoms with Crippen LogP contribution in [0, 0.1) is 17.2 Å². The number of nitrogens with zero attached hydrogens (tertiary/aromatic N) is 1. The first-order valence-electron chi connectivity index (χ1n) is 5.27. The van der Waals surface area contributed by atoms with E-state index >= 15 is 0 Å². The third-order valence-electron chi connectivity index (χ3n) is 3.39. The lowest BCUT2D eigenvalue weighted by Crippen LogP contribution is -2.39. The van der Waals surface area contributed by atoms with Crippen molar-refractivity contribution in [2.75, 3.05) is 0 Å². The predicted molar refractivity (Wildman–Crippen MR) is 56.7 cm³/mol. The van der Waals surface area contributed by atoms with Crippen LogP contribution in [0.5, 0.6) is 0 Å². The summed E-state index contributed by atoms with van der Waals surface area (Å²) in [6.07, 6.45) is 3.30. The molecule has 0 aliphatic heterocycles. The first-order valence-corrected chi connectivity index (χ1v) is 5.27. The summed E-state index contributed by atoms with van der Waals surface area (Å²) < 4.78 is 0. The Bertz CT molecular complexity index is 341. The van der Waals surface area contributed by atoms with E-state index in [9.17, 15) is 5.26 Å². The minimum Gasteiger partial charge on any atom is -0.197 e. The molecule has 0 N–H and O–H groups in total. The molecule has 1 fully saturated rings. The zero-order valence-corrected chi connectivity index (χ0v) is 8.53. The van der Waals surface area contributed by atoms with Gasteiger partial charge in [-0.25, -0.2) is 0 Å². The summed E-state index contributed by atoms with van der Waals surface area (Å²) in [5, 5.41) is 9.25. The molecule has 0 spiro atoms. The summed E-state index contributed by atoms with van der Waals surface area (Å²) >= 11 is 0. The Labute approximate surface area is 85.4 Å². The van der Waals surface area contributed by atoms with E-state index in [1.54, 1.807) is 0 Å². The molecule has 14 heavy (non-hydrogen) atoms. The zero-order valence-electron chi connectivity index (χ0n) is 8.53. The van der Waals surface area contributed by atoms with Crippen LogP contribution in [0.1, 0.15) is 31.7 Å². The maximum Gasteiger partial charge on any atom is 0.0827 e. The third-order valence-corrected chi connectivity index (χ3v) is 3.39. The highest BCUT2D eigenvalue weighted by atomic mass is 14.5. The Morgan fingerprint density at radius 3 is 2.50 bits per heavy atom. The van der Waals surface area contributed by atoms with Gasteiger partial charge in [0.2, 0.25) is 0 Å². The molecule has 1 aromatic rings. The topological polar surface area (TPSA) is 23.8 Å². The van der Waals surface area contributed by atoms with Crippen LogP contribution in [0.25, 0.3) is 0 Å². The van der Waals surface area contributed by atoms with Crippen LogP contribution in [-0.2, 0) is 5.41 Å². The lowest BCUT2D eigenvalue weighted by Gasteiger charge is -2.42. The normalized spacial score (nSPS) is 30.4. The number of nitriles is 1. The standard InChI is InChI=1S/C13H15N/c1-2-11-8-13(9-11,10-14)12-6-4-3-5-7-12/h3-7,11H,2,8-9H2,1H3. The molecule has 1 heteroatoms. The van der Waals surface area contributed by atoms with Gasteiger partial charge in [-0.3, -0.25) is 0 Å². The third kappa shape index (κ3) is 1.32. The molecule has 0 atom stereocenters. The molecule has 1 nitrogen and oxygen atoms in total. The van der Waals surface area contributed by atoms with E-state index in [-0.39, 0.29) is 5.41 Å². The van der Waals surface area contributed by atoms with Gasteiger partial charge in [0.05, 0.1) is 11.5 Å². The highest BCUT2D eigenvalue weighted by Gasteiger charge is 2.44. The van der Waals surface area contributed by atoms with Crippen molar-refractivity contribution in [2.24, 2.45) is 5.92 Å². The Morgan fingerprint density at radius 2 is 2.00 bits per heavy atom.